The van der Waals surface area contributed by atoms with Gasteiger partial charge in [0.2, 0.25) is 0 Å². The van der Waals surface area contributed by atoms with E-state index in [0.29, 0.717) is 0 Å². The van der Waals surface area contributed by atoms with Gasteiger partial charge in [0, 0.05) is 12.4 Å². The topological polar surface area (TPSA) is 47.3 Å². The number of hydrogen-bond donors (Lipinski definition) is 1. The summed E-state index contributed by atoms with van der Waals surface area (Å²) in [6, 6.07) is 14.1. The summed E-state index contributed by atoms with van der Waals surface area (Å²) in [5.74, 6) is 0.750. The van der Waals surface area contributed by atoms with Crippen LogP contribution in [-0.4, -0.2) is 27.1 Å². The molecule has 1 aromatic heterocycles. The van der Waals surface area contributed by atoms with E-state index in [2.05, 4.69) is 23.3 Å². The highest BCUT2D eigenvalue weighted by Gasteiger charge is 2.14. The molecule has 1 N–H and O–H groups in total. The minimum absolute atomic E-state index is 0.257. The molecule has 22 heavy (non-hydrogen) atoms. The van der Waals surface area contributed by atoms with Gasteiger partial charge in [-0.05, 0) is 43.2 Å². The highest BCUT2D eigenvalue weighted by molar-refractivity contribution is 5.94. The Morgan fingerprint density at radius 2 is 1.95 bits per heavy atom. The Labute approximate surface area is 130 Å². The SMILES string of the molecule is Cn1ncc2c(-c3cccc(OCC(C)(C)O)c3)cccc21. The maximum atomic E-state index is 9.77. The molecule has 3 aromatic rings. The van der Waals surface area contributed by atoms with Crippen molar-refractivity contribution in [2.45, 2.75) is 19.4 Å². The van der Waals surface area contributed by atoms with E-state index in [1.165, 1.54) is 0 Å². The lowest BCUT2D eigenvalue weighted by atomic mass is 10.0. The molecule has 0 aliphatic carbocycles. The Kier molecular flexibility index (Phi) is 3.62. The van der Waals surface area contributed by atoms with Crippen LogP contribution in [0.25, 0.3) is 22.0 Å². The molecular formula is C18H20N2O2. The average Bonchev–Trinajstić information content (AvgIpc) is 2.87. The van der Waals surface area contributed by atoms with Gasteiger partial charge in [-0.2, -0.15) is 5.10 Å². The number of benzene rings is 2. The van der Waals surface area contributed by atoms with E-state index in [1.54, 1.807) is 13.8 Å². The van der Waals surface area contributed by atoms with Crippen molar-refractivity contribution in [2.24, 2.45) is 7.05 Å². The zero-order valence-corrected chi connectivity index (χ0v) is 13.1. The van der Waals surface area contributed by atoms with Gasteiger partial charge >= 0.3 is 0 Å². The minimum atomic E-state index is -0.848. The van der Waals surface area contributed by atoms with Crippen LogP contribution in [0.2, 0.25) is 0 Å². The third-order valence-corrected chi connectivity index (χ3v) is 3.53. The molecule has 0 atom stereocenters. The number of aryl methyl sites for hydroxylation is 1. The maximum Gasteiger partial charge on any atom is 0.120 e. The van der Waals surface area contributed by atoms with Gasteiger partial charge in [0.15, 0.2) is 0 Å². The van der Waals surface area contributed by atoms with Crippen LogP contribution in [0, 0.1) is 0 Å². The molecule has 3 rings (SSSR count). The van der Waals surface area contributed by atoms with Crippen molar-refractivity contribution in [1.82, 2.24) is 9.78 Å². The Bertz CT molecular complexity index is 800. The molecule has 1 heterocycles. The van der Waals surface area contributed by atoms with Crippen molar-refractivity contribution in [3.05, 3.63) is 48.7 Å². The molecule has 0 unspecified atom stereocenters. The van der Waals surface area contributed by atoms with Gasteiger partial charge in [0.05, 0.1) is 17.3 Å². The third-order valence-electron chi connectivity index (χ3n) is 3.53. The summed E-state index contributed by atoms with van der Waals surface area (Å²) in [5, 5.41) is 15.2. The predicted octanol–water partition coefficient (Wildman–Crippen LogP) is 3.39. The maximum absolute atomic E-state index is 9.77. The van der Waals surface area contributed by atoms with E-state index >= 15 is 0 Å². The second-order valence-corrected chi connectivity index (χ2v) is 6.14. The molecule has 0 saturated heterocycles. The summed E-state index contributed by atoms with van der Waals surface area (Å²) >= 11 is 0. The number of nitrogens with zero attached hydrogens (tertiary/aromatic N) is 2. The largest absolute Gasteiger partial charge is 0.491 e. The van der Waals surface area contributed by atoms with Crippen LogP contribution in [0.5, 0.6) is 5.75 Å². The first-order chi connectivity index (χ1) is 10.4. The Balaban J connectivity index is 1.97. The first kappa shape index (κ1) is 14.6. The lowest BCUT2D eigenvalue weighted by molar-refractivity contribution is 0.0285. The Hall–Kier alpha value is -2.33. The van der Waals surface area contributed by atoms with Gasteiger partial charge < -0.3 is 9.84 Å². The smallest absolute Gasteiger partial charge is 0.120 e. The summed E-state index contributed by atoms with van der Waals surface area (Å²) in [4.78, 5) is 0. The second kappa shape index (κ2) is 5.46. The number of hydrogen-bond acceptors (Lipinski definition) is 3. The van der Waals surface area contributed by atoms with Crippen LogP contribution >= 0.6 is 0 Å². The van der Waals surface area contributed by atoms with Crippen molar-refractivity contribution in [2.75, 3.05) is 6.61 Å². The summed E-state index contributed by atoms with van der Waals surface area (Å²) in [6.45, 7) is 3.72. The molecule has 4 nitrogen and oxygen atoms in total. The van der Waals surface area contributed by atoms with E-state index in [1.807, 2.05) is 42.2 Å². The number of aliphatic hydroxyl groups is 1. The number of rotatable bonds is 4. The monoisotopic (exact) mass is 296 g/mol. The zero-order valence-electron chi connectivity index (χ0n) is 13.1. The van der Waals surface area contributed by atoms with Gasteiger partial charge in [-0.3, -0.25) is 4.68 Å². The number of ether oxygens (including phenoxy) is 1. The van der Waals surface area contributed by atoms with E-state index in [-0.39, 0.29) is 6.61 Å². The standard InChI is InChI=1S/C18H20N2O2/c1-18(2,21)12-22-14-7-4-6-13(10-14)15-8-5-9-17-16(15)11-19-20(17)3/h4-11,21H,12H2,1-3H3. The minimum Gasteiger partial charge on any atom is -0.491 e. The van der Waals surface area contributed by atoms with Crippen molar-refractivity contribution >= 4 is 10.9 Å². The molecule has 0 bridgehead atoms. The van der Waals surface area contributed by atoms with Gasteiger partial charge in [-0.15, -0.1) is 0 Å². The molecule has 0 radical (unpaired) electrons. The van der Waals surface area contributed by atoms with Crippen molar-refractivity contribution in [3.8, 4) is 16.9 Å². The highest BCUT2D eigenvalue weighted by atomic mass is 16.5. The Morgan fingerprint density at radius 1 is 1.18 bits per heavy atom. The molecule has 0 spiro atoms. The highest BCUT2D eigenvalue weighted by Crippen LogP contribution is 2.30. The molecule has 0 aliphatic heterocycles. The summed E-state index contributed by atoms with van der Waals surface area (Å²) in [7, 11) is 1.94. The fourth-order valence-corrected chi connectivity index (χ4v) is 2.44. The van der Waals surface area contributed by atoms with E-state index in [0.717, 1.165) is 27.8 Å². The summed E-state index contributed by atoms with van der Waals surface area (Å²) in [5.41, 5.74) is 2.45. The third kappa shape index (κ3) is 2.97. The zero-order chi connectivity index (χ0) is 15.7. The summed E-state index contributed by atoms with van der Waals surface area (Å²) in [6.07, 6.45) is 1.88. The molecule has 0 amide bonds. The van der Waals surface area contributed by atoms with Gasteiger partial charge in [-0.1, -0.05) is 24.3 Å². The molecule has 0 aliphatic rings. The first-order valence-electron chi connectivity index (χ1n) is 7.30. The fourth-order valence-electron chi connectivity index (χ4n) is 2.44. The Morgan fingerprint density at radius 3 is 2.73 bits per heavy atom. The van der Waals surface area contributed by atoms with Crippen LogP contribution < -0.4 is 4.74 Å². The quantitative estimate of drug-likeness (QED) is 0.803. The van der Waals surface area contributed by atoms with Crippen LogP contribution in [-0.2, 0) is 7.05 Å². The van der Waals surface area contributed by atoms with E-state index < -0.39 is 5.60 Å². The van der Waals surface area contributed by atoms with Crippen LogP contribution in [0.4, 0.5) is 0 Å². The molecule has 2 aromatic carbocycles. The van der Waals surface area contributed by atoms with Crippen molar-refractivity contribution < 1.29 is 9.84 Å². The van der Waals surface area contributed by atoms with Gasteiger partial charge in [0.25, 0.3) is 0 Å². The van der Waals surface area contributed by atoms with Crippen LogP contribution in [0.1, 0.15) is 13.8 Å². The molecule has 0 fully saturated rings. The van der Waals surface area contributed by atoms with Crippen LogP contribution in [0.3, 0.4) is 0 Å². The lowest BCUT2D eigenvalue weighted by Gasteiger charge is -2.18. The second-order valence-electron chi connectivity index (χ2n) is 6.14. The fraction of sp³-hybridized carbons (Fsp3) is 0.278. The van der Waals surface area contributed by atoms with E-state index in [4.69, 9.17) is 4.74 Å². The normalized spacial score (nSPS) is 11.8. The number of aromatic nitrogens is 2. The average molecular weight is 296 g/mol. The number of fused-ring (bicyclic) bond motifs is 1. The van der Waals surface area contributed by atoms with Crippen LogP contribution in [0.15, 0.2) is 48.7 Å². The molecule has 114 valence electrons. The lowest BCUT2D eigenvalue weighted by Crippen LogP contribution is -2.27. The van der Waals surface area contributed by atoms with Crippen molar-refractivity contribution in [3.63, 3.8) is 0 Å². The molecule has 0 saturated carbocycles. The molecule has 4 heteroatoms. The van der Waals surface area contributed by atoms with Crippen molar-refractivity contribution in [1.29, 1.82) is 0 Å². The van der Waals surface area contributed by atoms with Gasteiger partial charge in [-0.25, -0.2) is 0 Å². The van der Waals surface area contributed by atoms with Gasteiger partial charge in [0.1, 0.15) is 12.4 Å². The molecular weight excluding hydrogens is 276 g/mol. The first-order valence-corrected chi connectivity index (χ1v) is 7.30. The summed E-state index contributed by atoms with van der Waals surface area (Å²) < 4.78 is 7.55. The van der Waals surface area contributed by atoms with E-state index in [9.17, 15) is 5.11 Å². The predicted molar refractivity (Wildman–Crippen MR) is 87.9 cm³/mol.